The Morgan fingerprint density at radius 1 is 1.16 bits per heavy atom. The molecule has 0 aliphatic heterocycles. The van der Waals surface area contributed by atoms with Crippen molar-refractivity contribution >= 4 is 28.5 Å². The lowest BCUT2D eigenvalue weighted by Crippen LogP contribution is -2.18. The highest BCUT2D eigenvalue weighted by Crippen LogP contribution is 2.27. The van der Waals surface area contributed by atoms with Crippen molar-refractivity contribution in [2.45, 2.75) is 18.8 Å². The number of aromatic nitrogens is 2. The number of aromatic amines is 1. The number of carbonyl (C=O) groups excluding carboxylic acids is 1. The molecule has 3 N–H and O–H groups in total. The van der Waals surface area contributed by atoms with Crippen LogP contribution in [0.5, 0.6) is 0 Å². The second-order valence-corrected chi connectivity index (χ2v) is 5.71. The van der Waals surface area contributed by atoms with Crippen molar-refractivity contribution in [2.24, 2.45) is 0 Å². The molecule has 6 nitrogen and oxygen atoms in total. The predicted octanol–water partition coefficient (Wildman–Crippen LogP) is 3.29. The maximum atomic E-state index is 14.0. The van der Waals surface area contributed by atoms with E-state index in [1.165, 1.54) is 18.2 Å². The van der Waals surface area contributed by atoms with Crippen LogP contribution in [0.1, 0.15) is 24.3 Å². The predicted molar refractivity (Wildman–Crippen MR) is 90.7 cm³/mol. The monoisotopic (exact) mass is 341 g/mol. The summed E-state index contributed by atoms with van der Waals surface area (Å²) in [5.41, 5.74) is 1.44. The summed E-state index contributed by atoms with van der Waals surface area (Å²) in [6.07, 6.45) is 1.16. The highest BCUT2D eigenvalue weighted by Gasteiger charge is 2.22. The third-order valence-corrected chi connectivity index (χ3v) is 3.95. The van der Waals surface area contributed by atoms with Crippen molar-refractivity contribution in [1.82, 2.24) is 10.2 Å². The minimum absolute atomic E-state index is 0.141. The van der Waals surface area contributed by atoms with Crippen LogP contribution >= 0.6 is 0 Å². The van der Waals surface area contributed by atoms with Crippen LogP contribution in [-0.4, -0.2) is 27.2 Å². The Bertz CT molecular complexity index is 923. The molecule has 0 spiro atoms. The zero-order valence-electron chi connectivity index (χ0n) is 13.2. The summed E-state index contributed by atoms with van der Waals surface area (Å²) >= 11 is 0. The largest absolute Gasteiger partial charge is 0.481 e. The van der Waals surface area contributed by atoms with E-state index in [2.05, 4.69) is 15.5 Å². The van der Waals surface area contributed by atoms with E-state index in [9.17, 15) is 14.0 Å². The maximum absolute atomic E-state index is 14.0. The van der Waals surface area contributed by atoms with Crippen LogP contribution in [-0.2, 0) is 9.59 Å². The van der Waals surface area contributed by atoms with E-state index in [4.69, 9.17) is 5.11 Å². The van der Waals surface area contributed by atoms with Crippen molar-refractivity contribution in [3.05, 3.63) is 60.0 Å². The van der Waals surface area contributed by atoms with Crippen molar-refractivity contribution < 1.29 is 19.1 Å². The number of carboxylic acids is 1. The molecule has 3 aromatic rings. The highest BCUT2D eigenvalue weighted by atomic mass is 19.1. The smallest absolute Gasteiger partial charge is 0.303 e. The normalized spacial score (nSPS) is 12.0. The molecule has 0 radical (unpaired) electrons. The number of hydrogen-bond acceptors (Lipinski definition) is 3. The summed E-state index contributed by atoms with van der Waals surface area (Å²) in [6.45, 7) is 0. The van der Waals surface area contributed by atoms with Crippen LogP contribution in [0.2, 0.25) is 0 Å². The SMILES string of the molecule is O=C(O)CC(CC(=O)Nc1cccc2cn[nH]c12)c1ccccc1F. The number of nitrogens with zero attached hydrogens (tertiary/aromatic N) is 1. The molecule has 0 saturated heterocycles. The van der Waals surface area contributed by atoms with Gasteiger partial charge in [-0.3, -0.25) is 14.7 Å². The van der Waals surface area contributed by atoms with E-state index in [-0.39, 0.29) is 18.4 Å². The van der Waals surface area contributed by atoms with Crippen molar-refractivity contribution in [3.63, 3.8) is 0 Å². The van der Waals surface area contributed by atoms with Crippen molar-refractivity contribution in [2.75, 3.05) is 5.32 Å². The fourth-order valence-corrected chi connectivity index (χ4v) is 2.81. The summed E-state index contributed by atoms with van der Waals surface area (Å²) in [7, 11) is 0. The number of para-hydroxylation sites is 1. The number of benzene rings is 2. The Morgan fingerprint density at radius 3 is 2.72 bits per heavy atom. The van der Waals surface area contributed by atoms with Crippen LogP contribution in [0.15, 0.2) is 48.7 Å². The molecule has 128 valence electrons. The van der Waals surface area contributed by atoms with Gasteiger partial charge in [-0.1, -0.05) is 30.3 Å². The summed E-state index contributed by atoms with van der Waals surface area (Å²) in [6, 6.07) is 11.2. The molecule has 2 aromatic carbocycles. The van der Waals surface area contributed by atoms with E-state index in [1.807, 2.05) is 6.07 Å². The molecule has 0 aliphatic rings. The van der Waals surface area contributed by atoms with Gasteiger partial charge in [-0.2, -0.15) is 5.10 Å². The van der Waals surface area contributed by atoms with Gasteiger partial charge >= 0.3 is 5.97 Å². The van der Waals surface area contributed by atoms with Crippen LogP contribution in [0.3, 0.4) is 0 Å². The molecule has 1 amide bonds. The lowest BCUT2D eigenvalue weighted by molar-refractivity contribution is -0.137. The first kappa shape index (κ1) is 16.6. The minimum atomic E-state index is -1.09. The minimum Gasteiger partial charge on any atom is -0.481 e. The molecule has 0 bridgehead atoms. The molecular formula is C18H16FN3O3. The van der Waals surface area contributed by atoms with Gasteiger partial charge in [-0.05, 0) is 17.7 Å². The van der Waals surface area contributed by atoms with Gasteiger partial charge in [0, 0.05) is 17.7 Å². The average molecular weight is 341 g/mol. The molecule has 1 heterocycles. The number of hydrogen-bond donors (Lipinski definition) is 3. The second-order valence-electron chi connectivity index (χ2n) is 5.71. The number of fused-ring (bicyclic) bond motifs is 1. The molecule has 1 atom stereocenters. The quantitative estimate of drug-likeness (QED) is 0.641. The molecular weight excluding hydrogens is 325 g/mol. The maximum Gasteiger partial charge on any atom is 0.303 e. The van der Waals surface area contributed by atoms with E-state index < -0.39 is 23.6 Å². The van der Waals surface area contributed by atoms with Crippen molar-refractivity contribution in [3.8, 4) is 0 Å². The number of nitrogens with one attached hydrogen (secondary N) is 2. The zero-order valence-corrected chi connectivity index (χ0v) is 13.2. The molecule has 0 aliphatic carbocycles. The van der Waals surface area contributed by atoms with Gasteiger partial charge in [0.2, 0.25) is 5.91 Å². The number of aliphatic carboxylic acids is 1. The molecule has 3 rings (SSSR count). The highest BCUT2D eigenvalue weighted by molar-refractivity contribution is 6.00. The number of H-pyrrole nitrogens is 1. The van der Waals surface area contributed by atoms with Crippen LogP contribution < -0.4 is 5.32 Å². The third kappa shape index (κ3) is 3.82. The fourth-order valence-electron chi connectivity index (χ4n) is 2.81. The van der Waals surface area contributed by atoms with Gasteiger partial charge in [-0.25, -0.2) is 4.39 Å². The first-order chi connectivity index (χ1) is 12.0. The standard InChI is InChI=1S/C18H16FN3O3/c19-14-6-2-1-5-13(14)12(9-17(24)25)8-16(23)21-15-7-3-4-11-10-20-22-18(11)15/h1-7,10,12H,8-9H2,(H,20,22)(H,21,23)(H,24,25). The average Bonchev–Trinajstić information content (AvgIpc) is 3.04. The number of carboxylic acid groups (broad SMARTS) is 1. The Morgan fingerprint density at radius 2 is 1.96 bits per heavy atom. The van der Waals surface area contributed by atoms with Crippen LogP contribution in [0, 0.1) is 5.82 Å². The van der Waals surface area contributed by atoms with Gasteiger partial charge in [0.25, 0.3) is 0 Å². The Labute approximate surface area is 142 Å². The van der Waals surface area contributed by atoms with Crippen LogP contribution in [0.25, 0.3) is 10.9 Å². The Kier molecular flexibility index (Phi) is 4.74. The van der Waals surface area contributed by atoms with Gasteiger partial charge in [0.05, 0.1) is 23.8 Å². The zero-order chi connectivity index (χ0) is 17.8. The summed E-state index contributed by atoms with van der Waals surface area (Å²) in [5, 5.41) is 19.4. The number of rotatable bonds is 6. The van der Waals surface area contributed by atoms with E-state index in [1.54, 1.807) is 24.4 Å². The second kappa shape index (κ2) is 7.12. The molecule has 0 fully saturated rings. The number of anilines is 1. The van der Waals surface area contributed by atoms with Gasteiger partial charge in [0.1, 0.15) is 5.82 Å². The lowest BCUT2D eigenvalue weighted by atomic mass is 9.91. The molecule has 1 unspecified atom stereocenters. The molecule has 0 saturated carbocycles. The van der Waals surface area contributed by atoms with Crippen LogP contribution in [0.4, 0.5) is 10.1 Å². The lowest BCUT2D eigenvalue weighted by Gasteiger charge is -2.16. The topological polar surface area (TPSA) is 95.1 Å². The number of amides is 1. The molecule has 7 heteroatoms. The first-order valence-electron chi connectivity index (χ1n) is 7.72. The number of carbonyl (C=O) groups is 2. The summed E-state index contributed by atoms with van der Waals surface area (Å²) < 4.78 is 14.0. The van der Waals surface area contributed by atoms with Gasteiger partial charge < -0.3 is 10.4 Å². The first-order valence-corrected chi connectivity index (χ1v) is 7.72. The Hall–Kier alpha value is -3.22. The number of halogens is 1. The summed E-state index contributed by atoms with van der Waals surface area (Å²) in [5.74, 6) is -2.75. The van der Waals surface area contributed by atoms with Gasteiger partial charge in [0.15, 0.2) is 0 Å². The van der Waals surface area contributed by atoms with Crippen molar-refractivity contribution in [1.29, 1.82) is 0 Å². The molecule has 1 aromatic heterocycles. The summed E-state index contributed by atoms with van der Waals surface area (Å²) in [4.78, 5) is 23.5. The fraction of sp³-hybridized carbons (Fsp3) is 0.167. The third-order valence-electron chi connectivity index (χ3n) is 3.95. The molecule has 25 heavy (non-hydrogen) atoms. The van der Waals surface area contributed by atoms with Gasteiger partial charge in [-0.15, -0.1) is 0 Å². The van der Waals surface area contributed by atoms with E-state index >= 15 is 0 Å². The van der Waals surface area contributed by atoms with E-state index in [0.29, 0.717) is 11.2 Å². The van der Waals surface area contributed by atoms with E-state index in [0.717, 1.165) is 5.39 Å². The Balaban J connectivity index is 1.80.